The lowest BCUT2D eigenvalue weighted by atomic mass is 10.2. The van der Waals surface area contributed by atoms with Crippen LogP contribution in [0.4, 0.5) is 5.69 Å². The normalized spacial score (nSPS) is 15.7. The molecule has 0 unspecified atom stereocenters. The highest BCUT2D eigenvalue weighted by atomic mass is 16.5. The Morgan fingerprint density at radius 3 is 2.46 bits per heavy atom. The molecule has 0 bridgehead atoms. The third kappa shape index (κ3) is 6.04. The molecule has 0 aliphatic carbocycles. The summed E-state index contributed by atoms with van der Waals surface area (Å²) in [4.78, 5) is 9.21. The third-order valence-electron chi connectivity index (χ3n) is 4.30. The van der Waals surface area contributed by atoms with Gasteiger partial charge in [0.05, 0.1) is 0 Å². The Balaban J connectivity index is 1.66. The minimum absolute atomic E-state index is 0.825. The molecule has 1 fully saturated rings. The molecule has 0 aromatic heterocycles. The smallest absolute Gasteiger partial charge is 0.193 e. The van der Waals surface area contributed by atoms with E-state index in [1.165, 1.54) is 12.1 Å². The average Bonchev–Trinajstić information content (AvgIpc) is 2.65. The zero-order valence-corrected chi connectivity index (χ0v) is 15.2. The molecule has 0 atom stereocenters. The van der Waals surface area contributed by atoms with Crippen LogP contribution in [0.25, 0.3) is 0 Å². The summed E-state index contributed by atoms with van der Waals surface area (Å²) in [6.45, 7) is 8.88. The monoisotopic (exact) mass is 332 g/mol. The summed E-state index contributed by atoms with van der Waals surface area (Å²) in [6, 6.07) is 10.6. The fourth-order valence-corrected chi connectivity index (χ4v) is 2.87. The van der Waals surface area contributed by atoms with Gasteiger partial charge in [-0.25, -0.2) is 0 Å². The SMILES string of the molecule is CCCCOCCCNC(=NC)N1CCN(c2ccccc2)CC1. The van der Waals surface area contributed by atoms with Crippen LogP contribution in [-0.2, 0) is 4.74 Å². The second-order valence-electron chi connectivity index (χ2n) is 6.10. The van der Waals surface area contributed by atoms with E-state index in [0.717, 1.165) is 64.7 Å². The van der Waals surface area contributed by atoms with Crippen molar-refractivity contribution >= 4 is 11.6 Å². The topological polar surface area (TPSA) is 40.1 Å². The van der Waals surface area contributed by atoms with Crippen molar-refractivity contribution in [1.82, 2.24) is 10.2 Å². The Bertz CT molecular complexity index is 470. The maximum atomic E-state index is 5.60. The van der Waals surface area contributed by atoms with E-state index >= 15 is 0 Å². The number of piperazine rings is 1. The summed E-state index contributed by atoms with van der Waals surface area (Å²) >= 11 is 0. The summed E-state index contributed by atoms with van der Waals surface area (Å²) in [7, 11) is 1.86. The number of hydrogen-bond donors (Lipinski definition) is 1. The maximum absolute atomic E-state index is 5.60. The van der Waals surface area contributed by atoms with Gasteiger partial charge in [-0.05, 0) is 25.0 Å². The second kappa shape index (κ2) is 10.9. The van der Waals surface area contributed by atoms with Crippen molar-refractivity contribution in [3.63, 3.8) is 0 Å². The fraction of sp³-hybridized carbons (Fsp3) is 0.632. The molecule has 0 saturated carbocycles. The molecule has 0 radical (unpaired) electrons. The highest BCUT2D eigenvalue weighted by molar-refractivity contribution is 5.80. The van der Waals surface area contributed by atoms with Crippen molar-refractivity contribution < 1.29 is 4.74 Å². The number of rotatable bonds is 8. The molecule has 1 aromatic rings. The van der Waals surface area contributed by atoms with Gasteiger partial charge in [-0.15, -0.1) is 0 Å². The van der Waals surface area contributed by atoms with Crippen LogP contribution in [0, 0.1) is 0 Å². The predicted molar refractivity (Wildman–Crippen MR) is 102 cm³/mol. The fourth-order valence-electron chi connectivity index (χ4n) is 2.87. The molecule has 1 heterocycles. The first-order chi connectivity index (χ1) is 11.8. The first-order valence-electron chi connectivity index (χ1n) is 9.18. The molecule has 5 nitrogen and oxygen atoms in total. The Morgan fingerprint density at radius 2 is 1.79 bits per heavy atom. The van der Waals surface area contributed by atoms with E-state index < -0.39 is 0 Å². The summed E-state index contributed by atoms with van der Waals surface area (Å²) < 4.78 is 5.60. The van der Waals surface area contributed by atoms with E-state index in [1.807, 2.05) is 7.05 Å². The lowest BCUT2D eigenvalue weighted by Gasteiger charge is -2.37. The van der Waals surface area contributed by atoms with Gasteiger partial charge in [0.15, 0.2) is 5.96 Å². The van der Waals surface area contributed by atoms with Gasteiger partial charge in [0, 0.05) is 58.7 Å². The largest absolute Gasteiger partial charge is 0.381 e. The third-order valence-corrected chi connectivity index (χ3v) is 4.30. The summed E-state index contributed by atoms with van der Waals surface area (Å²) in [5, 5.41) is 3.46. The van der Waals surface area contributed by atoms with Gasteiger partial charge < -0.3 is 19.9 Å². The molecule has 1 saturated heterocycles. The standard InChI is InChI=1S/C19H32N4O/c1-3-4-16-24-17-8-11-21-19(20-2)23-14-12-22(13-15-23)18-9-6-5-7-10-18/h5-7,9-10H,3-4,8,11-17H2,1-2H3,(H,20,21). The molecule has 0 spiro atoms. The Hall–Kier alpha value is -1.75. The molecule has 5 heteroatoms. The van der Waals surface area contributed by atoms with Crippen LogP contribution in [0.5, 0.6) is 0 Å². The highest BCUT2D eigenvalue weighted by Gasteiger charge is 2.19. The number of benzene rings is 1. The van der Waals surface area contributed by atoms with Gasteiger partial charge in [0.25, 0.3) is 0 Å². The van der Waals surface area contributed by atoms with Crippen LogP contribution in [0.2, 0.25) is 0 Å². The van der Waals surface area contributed by atoms with Gasteiger partial charge in [0.1, 0.15) is 0 Å². The lowest BCUT2D eigenvalue weighted by molar-refractivity contribution is 0.129. The first kappa shape index (κ1) is 18.6. The molecule has 134 valence electrons. The van der Waals surface area contributed by atoms with Crippen molar-refractivity contribution in [2.45, 2.75) is 26.2 Å². The van der Waals surface area contributed by atoms with Gasteiger partial charge in [-0.1, -0.05) is 31.5 Å². The van der Waals surface area contributed by atoms with Crippen molar-refractivity contribution in [2.24, 2.45) is 4.99 Å². The zero-order valence-electron chi connectivity index (χ0n) is 15.2. The zero-order chi connectivity index (χ0) is 17.0. The van der Waals surface area contributed by atoms with Crippen LogP contribution in [0.3, 0.4) is 0 Å². The lowest BCUT2D eigenvalue weighted by Crippen LogP contribution is -2.52. The number of anilines is 1. The van der Waals surface area contributed by atoms with Crippen molar-refractivity contribution in [3.8, 4) is 0 Å². The maximum Gasteiger partial charge on any atom is 0.193 e. The summed E-state index contributed by atoms with van der Waals surface area (Å²) in [5.74, 6) is 1.01. The van der Waals surface area contributed by atoms with Gasteiger partial charge >= 0.3 is 0 Å². The number of unbranched alkanes of at least 4 members (excludes halogenated alkanes) is 1. The molecular formula is C19H32N4O. The number of para-hydroxylation sites is 1. The number of guanidine groups is 1. The van der Waals surface area contributed by atoms with Gasteiger partial charge in [-0.3, -0.25) is 4.99 Å². The Labute approximate surface area is 146 Å². The van der Waals surface area contributed by atoms with E-state index in [9.17, 15) is 0 Å². The average molecular weight is 332 g/mol. The number of hydrogen-bond acceptors (Lipinski definition) is 3. The minimum atomic E-state index is 0.825. The predicted octanol–water partition coefficient (Wildman–Crippen LogP) is 2.59. The molecule has 24 heavy (non-hydrogen) atoms. The summed E-state index contributed by atoms with van der Waals surface area (Å²) in [5.41, 5.74) is 1.31. The first-order valence-corrected chi connectivity index (χ1v) is 9.18. The number of aliphatic imine (C=N–C) groups is 1. The highest BCUT2D eigenvalue weighted by Crippen LogP contribution is 2.15. The van der Waals surface area contributed by atoms with E-state index in [1.54, 1.807) is 0 Å². The van der Waals surface area contributed by atoms with Crippen LogP contribution < -0.4 is 10.2 Å². The van der Waals surface area contributed by atoms with Crippen molar-refractivity contribution in [3.05, 3.63) is 30.3 Å². The van der Waals surface area contributed by atoms with Gasteiger partial charge in [-0.2, -0.15) is 0 Å². The number of ether oxygens (including phenoxy) is 1. The van der Waals surface area contributed by atoms with Crippen LogP contribution >= 0.6 is 0 Å². The van der Waals surface area contributed by atoms with E-state index in [-0.39, 0.29) is 0 Å². The van der Waals surface area contributed by atoms with E-state index in [2.05, 4.69) is 57.4 Å². The Kier molecular flexibility index (Phi) is 8.46. The van der Waals surface area contributed by atoms with Crippen LogP contribution in [0.1, 0.15) is 26.2 Å². The molecule has 1 aliphatic rings. The minimum Gasteiger partial charge on any atom is -0.381 e. The number of nitrogens with zero attached hydrogens (tertiary/aromatic N) is 3. The van der Waals surface area contributed by atoms with Crippen molar-refractivity contribution in [2.75, 3.05) is 57.9 Å². The molecule has 0 amide bonds. The molecular weight excluding hydrogens is 300 g/mol. The Morgan fingerprint density at radius 1 is 1.08 bits per heavy atom. The van der Waals surface area contributed by atoms with E-state index in [0.29, 0.717) is 0 Å². The molecule has 1 N–H and O–H groups in total. The van der Waals surface area contributed by atoms with E-state index in [4.69, 9.17) is 4.74 Å². The molecule has 2 rings (SSSR count). The van der Waals surface area contributed by atoms with Crippen LogP contribution in [0.15, 0.2) is 35.3 Å². The van der Waals surface area contributed by atoms with Crippen LogP contribution in [-0.4, -0.2) is 63.8 Å². The van der Waals surface area contributed by atoms with Gasteiger partial charge in [0.2, 0.25) is 0 Å². The summed E-state index contributed by atoms with van der Waals surface area (Å²) in [6.07, 6.45) is 3.37. The van der Waals surface area contributed by atoms with Crippen molar-refractivity contribution in [1.29, 1.82) is 0 Å². The second-order valence-corrected chi connectivity index (χ2v) is 6.10. The molecule has 1 aliphatic heterocycles. The number of nitrogens with one attached hydrogen (secondary N) is 1. The molecule has 1 aromatic carbocycles. The quantitative estimate of drug-likeness (QED) is 0.451.